The van der Waals surface area contributed by atoms with Crippen molar-refractivity contribution in [2.75, 3.05) is 13.7 Å². The Balaban J connectivity index is 1.54. The number of para-hydroxylation sites is 1. The molecule has 1 heterocycles. The number of amides is 1. The normalized spacial score (nSPS) is 10.8. The minimum absolute atomic E-state index is 0.0642. The number of aryl methyl sites for hydroxylation is 2. The lowest BCUT2D eigenvalue weighted by Crippen LogP contribution is -2.25. The molecular weight excluding hydrogens is 300 g/mol. The molecule has 1 amide bonds. The number of methoxy groups -OCH3 is 1. The molecule has 0 aliphatic heterocycles. The van der Waals surface area contributed by atoms with Crippen molar-refractivity contribution >= 4 is 16.8 Å². The highest BCUT2D eigenvalue weighted by molar-refractivity contribution is 5.94. The first kappa shape index (κ1) is 16.1. The van der Waals surface area contributed by atoms with Gasteiger partial charge in [0.2, 0.25) is 0 Å². The highest BCUT2D eigenvalue weighted by Crippen LogP contribution is 2.19. The molecule has 1 N–H and O–H groups in total. The molecule has 0 aliphatic rings. The largest absolute Gasteiger partial charge is 0.496 e. The molecular formula is C20H22N2O2. The monoisotopic (exact) mass is 322 g/mol. The van der Waals surface area contributed by atoms with Gasteiger partial charge in [-0.15, -0.1) is 0 Å². The van der Waals surface area contributed by atoms with Crippen LogP contribution in [0, 0.1) is 6.92 Å². The van der Waals surface area contributed by atoms with Gasteiger partial charge in [-0.3, -0.25) is 4.79 Å². The zero-order valence-corrected chi connectivity index (χ0v) is 14.1. The number of fused-ring (bicyclic) bond motifs is 1. The standard InChI is InChI=1S/C20H22N2O2/c1-15-8-9-17(14-19(15)24-2)20(23)21-11-5-12-22-13-10-16-6-3-4-7-18(16)22/h3-4,6-10,13-14H,5,11-12H2,1-2H3,(H,21,23). The molecule has 0 radical (unpaired) electrons. The molecule has 4 heteroatoms. The highest BCUT2D eigenvalue weighted by Gasteiger charge is 2.08. The summed E-state index contributed by atoms with van der Waals surface area (Å²) >= 11 is 0. The lowest BCUT2D eigenvalue weighted by atomic mass is 10.1. The molecule has 4 nitrogen and oxygen atoms in total. The third kappa shape index (κ3) is 3.43. The Hall–Kier alpha value is -2.75. The van der Waals surface area contributed by atoms with Crippen molar-refractivity contribution in [3.63, 3.8) is 0 Å². The van der Waals surface area contributed by atoms with Crippen LogP contribution in [0.15, 0.2) is 54.7 Å². The average molecular weight is 322 g/mol. The van der Waals surface area contributed by atoms with Gasteiger partial charge < -0.3 is 14.6 Å². The van der Waals surface area contributed by atoms with Crippen LogP contribution >= 0.6 is 0 Å². The Labute approximate surface area is 142 Å². The summed E-state index contributed by atoms with van der Waals surface area (Å²) in [5.41, 5.74) is 2.88. The number of benzene rings is 2. The minimum atomic E-state index is -0.0642. The first-order chi connectivity index (χ1) is 11.7. The van der Waals surface area contributed by atoms with Crippen molar-refractivity contribution in [3.05, 3.63) is 65.9 Å². The number of hydrogen-bond acceptors (Lipinski definition) is 2. The molecule has 0 bridgehead atoms. The SMILES string of the molecule is COc1cc(C(=O)NCCCn2ccc3ccccc32)ccc1C. The predicted molar refractivity (Wildman–Crippen MR) is 96.6 cm³/mol. The van der Waals surface area contributed by atoms with E-state index in [0.717, 1.165) is 24.3 Å². The molecule has 3 aromatic rings. The molecule has 3 rings (SSSR count). The number of nitrogens with zero attached hydrogens (tertiary/aromatic N) is 1. The number of aromatic nitrogens is 1. The lowest BCUT2D eigenvalue weighted by Gasteiger charge is -2.09. The van der Waals surface area contributed by atoms with Gasteiger partial charge in [-0.2, -0.15) is 0 Å². The maximum absolute atomic E-state index is 12.2. The van der Waals surface area contributed by atoms with Gasteiger partial charge in [0.05, 0.1) is 7.11 Å². The van der Waals surface area contributed by atoms with Gasteiger partial charge in [-0.25, -0.2) is 0 Å². The zero-order chi connectivity index (χ0) is 16.9. The molecule has 0 aliphatic carbocycles. The molecule has 0 fully saturated rings. The summed E-state index contributed by atoms with van der Waals surface area (Å²) in [5, 5.41) is 4.22. The summed E-state index contributed by atoms with van der Waals surface area (Å²) in [6.07, 6.45) is 2.98. The minimum Gasteiger partial charge on any atom is -0.496 e. The smallest absolute Gasteiger partial charge is 0.251 e. The molecule has 0 saturated carbocycles. The Morgan fingerprint density at radius 3 is 2.83 bits per heavy atom. The molecule has 1 aromatic heterocycles. The van der Waals surface area contributed by atoms with Gasteiger partial charge in [0, 0.05) is 30.4 Å². The van der Waals surface area contributed by atoms with Crippen molar-refractivity contribution < 1.29 is 9.53 Å². The van der Waals surface area contributed by atoms with Crippen LogP contribution in [-0.2, 0) is 6.54 Å². The Morgan fingerprint density at radius 2 is 2.00 bits per heavy atom. The maximum atomic E-state index is 12.2. The van der Waals surface area contributed by atoms with E-state index in [1.54, 1.807) is 13.2 Å². The van der Waals surface area contributed by atoms with Gasteiger partial charge in [-0.05, 0) is 48.6 Å². The van der Waals surface area contributed by atoms with Gasteiger partial charge in [0.1, 0.15) is 5.75 Å². The summed E-state index contributed by atoms with van der Waals surface area (Å²) < 4.78 is 7.49. The van der Waals surface area contributed by atoms with Crippen LogP contribution in [0.2, 0.25) is 0 Å². The predicted octanol–water partition coefficient (Wildman–Crippen LogP) is 3.78. The van der Waals surface area contributed by atoms with E-state index in [1.165, 1.54) is 10.9 Å². The number of rotatable bonds is 6. The van der Waals surface area contributed by atoms with E-state index in [1.807, 2.05) is 31.2 Å². The fraction of sp³-hybridized carbons (Fsp3) is 0.250. The highest BCUT2D eigenvalue weighted by atomic mass is 16.5. The van der Waals surface area contributed by atoms with E-state index in [9.17, 15) is 4.79 Å². The van der Waals surface area contributed by atoms with Crippen LogP contribution in [0.1, 0.15) is 22.3 Å². The maximum Gasteiger partial charge on any atom is 0.251 e. The Kier molecular flexibility index (Phi) is 4.85. The zero-order valence-electron chi connectivity index (χ0n) is 14.1. The van der Waals surface area contributed by atoms with Crippen molar-refractivity contribution in [1.29, 1.82) is 0 Å². The van der Waals surface area contributed by atoms with Gasteiger partial charge in [0.25, 0.3) is 5.91 Å². The van der Waals surface area contributed by atoms with Crippen LogP contribution in [0.3, 0.4) is 0 Å². The summed E-state index contributed by atoms with van der Waals surface area (Å²) in [6.45, 7) is 3.48. The second kappa shape index (κ2) is 7.21. The van der Waals surface area contributed by atoms with E-state index in [2.05, 4.69) is 34.3 Å². The van der Waals surface area contributed by atoms with E-state index < -0.39 is 0 Å². The van der Waals surface area contributed by atoms with Crippen LogP contribution in [0.5, 0.6) is 5.75 Å². The van der Waals surface area contributed by atoms with E-state index in [4.69, 9.17) is 4.74 Å². The fourth-order valence-corrected chi connectivity index (χ4v) is 2.85. The number of nitrogens with one attached hydrogen (secondary N) is 1. The van der Waals surface area contributed by atoms with Gasteiger partial charge in [0.15, 0.2) is 0 Å². The van der Waals surface area contributed by atoms with Crippen molar-refractivity contribution in [1.82, 2.24) is 9.88 Å². The number of carbonyl (C=O) groups excluding carboxylic acids is 1. The lowest BCUT2D eigenvalue weighted by molar-refractivity contribution is 0.0952. The van der Waals surface area contributed by atoms with E-state index in [0.29, 0.717) is 12.1 Å². The van der Waals surface area contributed by atoms with Gasteiger partial charge in [-0.1, -0.05) is 24.3 Å². The first-order valence-corrected chi connectivity index (χ1v) is 8.16. The van der Waals surface area contributed by atoms with Crippen LogP contribution in [0.25, 0.3) is 10.9 Å². The summed E-state index contributed by atoms with van der Waals surface area (Å²) in [5.74, 6) is 0.673. The van der Waals surface area contributed by atoms with Crippen molar-refractivity contribution in [2.45, 2.75) is 19.9 Å². The molecule has 124 valence electrons. The molecule has 0 saturated heterocycles. The van der Waals surface area contributed by atoms with Crippen molar-refractivity contribution in [2.24, 2.45) is 0 Å². The molecule has 2 aromatic carbocycles. The quantitative estimate of drug-likeness (QED) is 0.702. The second-order valence-electron chi connectivity index (χ2n) is 5.86. The number of ether oxygens (including phenoxy) is 1. The molecule has 0 unspecified atom stereocenters. The van der Waals surface area contributed by atoms with E-state index in [-0.39, 0.29) is 5.91 Å². The molecule has 0 spiro atoms. The van der Waals surface area contributed by atoms with Crippen LogP contribution in [-0.4, -0.2) is 24.1 Å². The van der Waals surface area contributed by atoms with Crippen LogP contribution in [0.4, 0.5) is 0 Å². The van der Waals surface area contributed by atoms with Gasteiger partial charge >= 0.3 is 0 Å². The summed E-state index contributed by atoms with van der Waals surface area (Å²) in [4.78, 5) is 12.2. The Bertz CT molecular complexity index is 852. The molecule has 0 atom stereocenters. The van der Waals surface area contributed by atoms with E-state index >= 15 is 0 Å². The second-order valence-corrected chi connectivity index (χ2v) is 5.86. The summed E-state index contributed by atoms with van der Waals surface area (Å²) in [7, 11) is 1.62. The number of carbonyl (C=O) groups is 1. The average Bonchev–Trinajstić information content (AvgIpc) is 3.02. The number of hydrogen-bond donors (Lipinski definition) is 1. The fourth-order valence-electron chi connectivity index (χ4n) is 2.85. The van der Waals surface area contributed by atoms with Crippen LogP contribution < -0.4 is 10.1 Å². The summed E-state index contributed by atoms with van der Waals surface area (Å²) in [6, 6.07) is 15.9. The topological polar surface area (TPSA) is 43.3 Å². The first-order valence-electron chi connectivity index (χ1n) is 8.16. The molecule has 24 heavy (non-hydrogen) atoms. The third-order valence-corrected chi connectivity index (χ3v) is 4.21. The third-order valence-electron chi connectivity index (χ3n) is 4.21. The van der Waals surface area contributed by atoms with Crippen molar-refractivity contribution in [3.8, 4) is 5.75 Å². The Morgan fingerprint density at radius 1 is 1.17 bits per heavy atom.